The topological polar surface area (TPSA) is 183 Å². The largest absolute Gasteiger partial charge is 0.479 e. The number of aromatic nitrogens is 8. The van der Waals surface area contributed by atoms with Crippen LogP contribution >= 0.6 is 23.2 Å². The van der Waals surface area contributed by atoms with E-state index in [9.17, 15) is 0 Å². The summed E-state index contributed by atoms with van der Waals surface area (Å²) < 4.78 is 36.1. The minimum absolute atomic E-state index is 0.0441. The first-order valence-electron chi connectivity index (χ1n) is 13.0. The molecular formula is C24H30Cl2N8O8. The van der Waals surface area contributed by atoms with Crippen LogP contribution in [0.25, 0.3) is 22.1 Å². The Labute approximate surface area is 249 Å². The van der Waals surface area contributed by atoms with Crippen LogP contribution in [0.3, 0.4) is 0 Å². The molecule has 42 heavy (non-hydrogen) atoms. The van der Waals surface area contributed by atoms with E-state index >= 15 is 0 Å². The fraction of sp³-hybridized carbons (Fsp3) is 0.583. The van der Waals surface area contributed by atoms with E-state index in [0.29, 0.717) is 73.3 Å². The SMILES string of the molecule is COc1nc(Cl)nc2cnn(C[C@@H]3CO[C@@H](CO)CO3)c12.COc1nc(Cl)nc2cnn(C[C@@H]3CO[C@H](CO)CO3)c12. The summed E-state index contributed by atoms with van der Waals surface area (Å²) in [5.74, 6) is 0.736. The Hall–Kier alpha value is -2.96. The summed E-state index contributed by atoms with van der Waals surface area (Å²) in [5.41, 5.74) is 2.54. The minimum Gasteiger partial charge on any atom is -0.479 e. The lowest BCUT2D eigenvalue weighted by Crippen LogP contribution is -2.39. The number of aliphatic hydroxyl groups is 2. The molecule has 0 aromatic carbocycles. The van der Waals surface area contributed by atoms with Crippen LogP contribution in [0, 0.1) is 0 Å². The maximum Gasteiger partial charge on any atom is 0.244 e. The normalized spacial score (nSPS) is 22.6. The number of nitrogens with zero attached hydrogens (tertiary/aromatic N) is 8. The molecule has 2 saturated heterocycles. The number of ether oxygens (including phenoxy) is 6. The molecule has 18 heteroatoms. The molecule has 6 heterocycles. The average molecular weight is 629 g/mol. The monoisotopic (exact) mass is 628 g/mol. The molecule has 2 aliphatic rings. The van der Waals surface area contributed by atoms with Gasteiger partial charge in [-0.05, 0) is 23.2 Å². The van der Waals surface area contributed by atoms with Gasteiger partial charge in [0.25, 0.3) is 0 Å². The smallest absolute Gasteiger partial charge is 0.244 e. The van der Waals surface area contributed by atoms with Crippen molar-refractivity contribution in [2.24, 2.45) is 0 Å². The third kappa shape index (κ3) is 6.98. The Morgan fingerprint density at radius 2 is 1.07 bits per heavy atom. The van der Waals surface area contributed by atoms with Crippen LogP contribution in [0.1, 0.15) is 0 Å². The molecule has 6 rings (SSSR count). The van der Waals surface area contributed by atoms with Crippen LogP contribution in [-0.2, 0) is 32.0 Å². The predicted molar refractivity (Wildman–Crippen MR) is 147 cm³/mol. The highest BCUT2D eigenvalue weighted by atomic mass is 35.5. The predicted octanol–water partition coefficient (Wildman–Crippen LogP) is 0.529. The molecule has 0 radical (unpaired) electrons. The van der Waals surface area contributed by atoms with Crippen molar-refractivity contribution in [1.29, 1.82) is 0 Å². The Balaban J connectivity index is 0.000000168. The molecule has 0 bridgehead atoms. The third-order valence-electron chi connectivity index (χ3n) is 6.48. The van der Waals surface area contributed by atoms with Crippen molar-refractivity contribution in [3.05, 3.63) is 23.0 Å². The first-order chi connectivity index (χ1) is 20.4. The zero-order valence-corrected chi connectivity index (χ0v) is 24.3. The summed E-state index contributed by atoms with van der Waals surface area (Å²) >= 11 is 11.7. The van der Waals surface area contributed by atoms with E-state index in [4.69, 9.17) is 61.8 Å². The third-order valence-corrected chi connectivity index (χ3v) is 6.81. The molecule has 0 amide bonds. The van der Waals surface area contributed by atoms with Gasteiger partial charge in [0.05, 0.1) is 79.3 Å². The van der Waals surface area contributed by atoms with E-state index in [1.165, 1.54) is 14.2 Å². The summed E-state index contributed by atoms with van der Waals surface area (Å²) in [6.45, 7) is 2.37. The van der Waals surface area contributed by atoms with E-state index in [-0.39, 0.29) is 48.2 Å². The molecule has 0 saturated carbocycles. The van der Waals surface area contributed by atoms with E-state index in [1.807, 2.05) is 0 Å². The number of fused-ring (bicyclic) bond motifs is 2. The quantitative estimate of drug-likeness (QED) is 0.257. The number of aliphatic hydroxyl groups excluding tert-OH is 2. The van der Waals surface area contributed by atoms with Gasteiger partial charge in [-0.2, -0.15) is 20.2 Å². The number of methoxy groups -OCH3 is 2. The Morgan fingerprint density at radius 3 is 1.40 bits per heavy atom. The van der Waals surface area contributed by atoms with Crippen molar-refractivity contribution >= 4 is 45.3 Å². The summed E-state index contributed by atoms with van der Waals surface area (Å²) in [7, 11) is 3.03. The van der Waals surface area contributed by atoms with Gasteiger partial charge in [-0.3, -0.25) is 9.36 Å². The summed E-state index contributed by atoms with van der Waals surface area (Å²) in [5, 5.41) is 26.8. The van der Waals surface area contributed by atoms with Crippen LogP contribution in [0.15, 0.2) is 12.4 Å². The lowest BCUT2D eigenvalue weighted by atomic mass is 10.3. The molecule has 2 aliphatic heterocycles. The van der Waals surface area contributed by atoms with Crippen molar-refractivity contribution in [2.75, 3.05) is 53.9 Å². The van der Waals surface area contributed by atoms with Gasteiger partial charge < -0.3 is 38.6 Å². The van der Waals surface area contributed by atoms with Gasteiger partial charge in [-0.25, -0.2) is 9.97 Å². The van der Waals surface area contributed by atoms with Crippen LogP contribution in [-0.4, -0.2) is 128 Å². The van der Waals surface area contributed by atoms with Gasteiger partial charge in [-0.1, -0.05) is 0 Å². The molecule has 2 N–H and O–H groups in total. The van der Waals surface area contributed by atoms with E-state index in [1.54, 1.807) is 21.8 Å². The van der Waals surface area contributed by atoms with Crippen LogP contribution < -0.4 is 9.47 Å². The highest BCUT2D eigenvalue weighted by Crippen LogP contribution is 2.26. The molecule has 0 unspecified atom stereocenters. The van der Waals surface area contributed by atoms with Crippen molar-refractivity contribution < 1.29 is 38.6 Å². The van der Waals surface area contributed by atoms with Crippen molar-refractivity contribution in [1.82, 2.24) is 39.5 Å². The number of hydrogen-bond donors (Lipinski definition) is 2. The minimum atomic E-state index is -0.257. The molecule has 2 fully saturated rings. The summed E-state index contributed by atoms with van der Waals surface area (Å²) in [6, 6.07) is 0. The fourth-order valence-corrected chi connectivity index (χ4v) is 4.75. The second kappa shape index (κ2) is 14.0. The maximum absolute atomic E-state index is 9.00. The molecule has 4 aromatic heterocycles. The molecule has 4 atom stereocenters. The first-order valence-corrected chi connectivity index (χ1v) is 13.7. The lowest BCUT2D eigenvalue weighted by Gasteiger charge is -2.28. The average Bonchev–Trinajstić information content (AvgIpc) is 3.61. The molecule has 0 aliphatic carbocycles. The maximum atomic E-state index is 9.00. The zero-order chi connectivity index (χ0) is 29.6. The zero-order valence-electron chi connectivity index (χ0n) is 22.8. The highest BCUT2D eigenvalue weighted by molar-refractivity contribution is 6.29. The number of rotatable bonds is 8. The van der Waals surface area contributed by atoms with E-state index < -0.39 is 0 Å². The number of halogens is 2. The van der Waals surface area contributed by atoms with Crippen molar-refractivity contribution in [3.63, 3.8) is 0 Å². The van der Waals surface area contributed by atoms with Crippen LogP contribution in [0.4, 0.5) is 0 Å². The van der Waals surface area contributed by atoms with Gasteiger partial charge in [0.15, 0.2) is 0 Å². The summed E-state index contributed by atoms with van der Waals surface area (Å²) in [6.07, 6.45) is 2.38. The van der Waals surface area contributed by atoms with E-state index in [2.05, 4.69) is 30.1 Å². The molecule has 16 nitrogen and oxygen atoms in total. The van der Waals surface area contributed by atoms with Crippen molar-refractivity contribution in [3.8, 4) is 11.8 Å². The Kier molecular flexibility index (Phi) is 10.2. The standard InChI is InChI=1S/2C12H15ClN4O4/c2*1-19-11-10-9(15-12(13)16-11)2-14-17(10)3-7-5-21-8(4-18)6-20-7/h2*2,7-8,18H,3-6H2,1H3/t7-,8+;7-,8-/m11/s1. The van der Waals surface area contributed by atoms with Gasteiger partial charge in [0, 0.05) is 0 Å². The second-order valence-electron chi connectivity index (χ2n) is 9.31. The second-order valence-corrected chi connectivity index (χ2v) is 9.99. The van der Waals surface area contributed by atoms with Crippen molar-refractivity contribution in [2.45, 2.75) is 37.5 Å². The Bertz CT molecular complexity index is 1360. The molecule has 4 aromatic rings. The van der Waals surface area contributed by atoms with Gasteiger partial charge in [0.1, 0.15) is 46.5 Å². The number of hydrogen-bond acceptors (Lipinski definition) is 14. The van der Waals surface area contributed by atoms with Gasteiger partial charge in [0.2, 0.25) is 22.3 Å². The Morgan fingerprint density at radius 1 is 0.690 bits per heavy atom. The fourth-order valence-electron chi connectivity index (χ4n) is 4.41. The van der Waals surface area contributed by atoms with Gasteiger partial charge in [-0.15, -0.1) is 0 Å². The van der Waals surface area contributed by atoms with E-state index in [0.717, 1.165) is 0 Å². The highest BCUT2D eigenvalue weighted by Gasteiger charge is 2.25. The summed E-state index contributed by atoms with van der Waals surface area (Å²) in [4.78, 5) is 16.3. The molecular weight excluding hydrogens is 599 g/mol. The molecule has 0 spiro atoms. The van der Waals surface area contributed by atoms with Crippen LogP contribution in [0.5, 0.6) is 11.8 Å². The molecule has 228 valence electrons. The van der Waals surface area contributed by atoms with Crippen LogP contribution in [0.2, 0.25) is 10.6 Å². The first kappa shape index (κ1) is 30.5. The van der Waals surface area contributed by atoms with Gasteiger partial charge >= 0.3 is 0 Å². The lowest BCUT2D eigenvalue weighted by molar-refractivity contribution is -0.148.